The molecule has 1 heterocycles. The molecule has 2 amide bonds. The summed E-state index contributed by atoms with van der Waals surface area (Å²) in [6, 6.07) is 6.87. The maximum atomic E-state index is 12.3. The second-order valence-corrected chi connectivity index (χ2v) is 5.58. The Morgan fingerprint density at radius 1 is 1.22 bits per heavy atom. The van der Waals surface area contributed by atoms with Crippen LogP contribution in [0.5, 0.6) is 11.5 Å². The molecule has 2 N–H and O–H groups in total. The zero-order chi connectivity index (χ0) is 19.8. The summed E-state index contributed by atoms with van der Waals surface area (Å²) in [6.07, 6.45) is 1.81. The molecular weight excluding hydrogens is 362 g/mol. The highest BCUT2D eigenvalue weighted by atomic mass is 19.3. The van der Waals surface area contributed by atoms with Gasteiger partial charge in [0.25, 0.3) is 5.91 Å². The molecule has 27 heavy (non-hydrogen) atoms. The fourth-order valence-corrected chi connectivity index (χ4v) is 2.29. The monoisotopic (exact) mass is 382 g/mol. The van der Waals surface area contributed by atoms with Crippen LogP contribution in [-0.4, -0.2) is 38.1 Å². The van der Waals surface area contributed by atoms with Crippen LogP contribution < -0.4 is 20.1 Å². The van der Waals surface area contributed by atoms with Crippen LogP contribution >= 0.6 is 0 Å². The van der Waals surface area contributed by atoms with Gasteiger partial charge in [0, 0.05) is 6.54 Å². The van der Waals surface area contributed by atoms with Gasteiger partial charge in [0.05, 0.1) is 13.4 Å². The highest BCUT2D eigenvalue weighted by molar-refractivity contribution is 5.95. The second kappa shape index (κ2) is 9.56. The Morgan fingerprint density at radius 2 is 2.00 bits per heavy atom. The van der Waals surface area contributed by atoms with Crippen LogP contribution in [-0.2, 0) is 11.2 Å². The highest BCUT2D eigenvalue weighted by Crippen LogP contribution is 2.29. The molecule has 0 spiro atoms. The fraction of sp³-hybridized carbons (Fsp3) is 0.333. The van der Waals surface area contributed by atoms with E-state index in [2.05, 4.69) is 15.4 Å². The van der Waals surface area contributed by atoms with Crippen molar-refractivity contribution in [2.45, 2.75) is 26.0 Å². The van der Waals surface area contributed by atoms with Crippen LogP contribution in [0, 0.1) is 0 Å². The molecule has 0 saturated carbocycles. The SMILES string of the molecule is COc1cc(CCNC(=O)[C@H](C)NC(=O)c2ccco2)ccc1OC(F)F. The Bertz CT molecular complexity index is 765. The maximum absolute atomic E-state index is 12.3. The van der Waals surface area contributed by atoms with Crippen LogP contribution in [0.25, 0.3) is 0 Å². The molecule has 0 aliphatic heterocycles. The number of hydrogen-bond donors (Lipinski definition) is 2. The van der Waals surface area contributed by atoms with Crippen LogP contribution in [0.2, 0.25) is 0 Å². The predicted octanol–water partition coefficient (Wildman–Crippen LogP) is 2.37. The Balaban J connectivity index is 1.82. The van der Waals surface area contributed by atoms with Crippen molar-refractivity contribution in [1.29, 1.82) is 0 Å². The van der Waals surface area contributed by atoms with Gasteiger partial charge in [-0.1, -0.05) is 6.07 Å². The Kier molecular flexibility index (Phi) is 7.16. The number of ether oxygens (including phenoxy) is 2. The third-order valence-corrected chi connectivity index (χ3v) is 3.64. The molecule has 0 bridgehead atoms. The summed E-state index contributed by atoms with van der Waals surface area (Å²) in [7, 11) is 1.35. The van der Waals surface area contributed by atoms with E-state index in [1.807, 2.05) is 0 Å². The van der Waals surface area contributed by atoms with Crippen molar-refractivity contribution in [1.82, 2.24) is 10.6 Å². The standard InChI is InChI=1S/C18H20F2N2O5/c1-11(22-17(24)14-4-3-9-26-14)16(23)21-8-7-12-5-6-13(27-18(19)20)15(10-12)25-2/h3-6,9-11,18H,7-8H2,1-2H3,(H,21,23)(H,22,24)/t11-/m0/s1. The number of halogens is 2. The first kappa shape index (κ1) is 20.2. The number of nitrogens with one attached hydrogen (secondary N) is 2. The molecule has 146 valence electrons. The van der Waals surface area contributed by atoms with E-state index in [1.165, 1.54) is 25.5 Å². The zero-order valence-electron chi connectivity index (χ0n) is 14.8. The predicted molar refractivity (Wildman–Crippen MR) is 92.0 cm³/mol. The summed E-state index contributed by atoms with van der Waals surface area (Å²) >= 11 is 0. The fourth-order valence-electron chi connectivity index (χ4n) is 2.29. The van der Waals surface area contributed by atoms with Gasteiger partial charge in [0.15, 0.2) is 17.3 Å². The van der Waals surface area contributed by atoms with Crippen LogP contribution in [0.4, 0.5) is 8.78 Å². The highest BCUT2D eigenvalue weighted by Gasteiger charge is 2.18. The van der Waals surface area contributed by atoms with Gasteiger partial charge in [0.1, 0.15) is 6.04 Å². The van der Waals surface area contributed by atoms with Gasteiger partial charge in [-0.25, -0.2) is 0 Å². The van der Waals surface area contributed by atoms with Crippen molar-refractivity contribution < 1.29 is 32.3 Å². The van der Waals surface area contributed by atoms with Crippen molar-refractivity contribution in [2.75, 3.05) is 13.7 Å². The van der Waals surface area contributed by atoms with Gasteiger partial charge >= 0.3 is 6.61 Å². The molecule has 9 heteroatoms. The van der Waals surface area contributed by atoms with Crippen molar-refractivity contribution in [3.8, 4) is 11.5 Å². The average molecular weight is 382 g/mol. The topological polar surface area (TPSA) is 89.8 Å². The van der Waals surface area contributed by atoms with E-state index >= 15 is 0 Å². The number of carbonyl (C=O) groups excluding carboxylic acids is 2. The number of hydrogen-bond acceptors (Lipinski definition) is 5. The first-order valence-electron chi connectivity index (χ1n) is 8.14. The molecule has 0 unspecified atom stereocenters. The number of alkyl halides is 2. The van der Waals surface area contributed by atoms with Crippen molar-refractivity contribution in [2.24, 2.45) is 0 Å². The van der Waals surface area contributed by atoms with E-state index in [0.717, 1.165) is 5.56 Å². The molecule has 2 rings (SSSR count). The summed E-state index contributed by atoms with van der Waals surface area (Å²) in [5, 5.41) is 5.21. The molecule has 0 aliphatic carbocycles. The lowest BCUT2D eigenvalue weighted by Gasteiger charge is -2.14. The van der Waals surface area contributed by atoms with Crippen molar-refractivity contribution >= 4 is 11.8 Å². The molecule has 0 fully saturated rings. The third-order valence-electron chi connectivity index (χ3n) is 3.64. The molecule has 1 aromatic heterocycles. The number of benzene rings is 1. The normalized spacial score (nSPS) is 11.7. The lowest BCUT2D eigenvalue weighted by atomic mass is 10.1. The van der Waals surface area contributed by atoms with Crippen LogP contribution in [0.3, 0.4) is 0 Å². The van der Waals surface area contributed by atoms with Crippen LogP contribution in [0.15, 0.2) is 41.0 Å². The average Bonchev–Trinajstić information content (AvgIpc) is 3.17. The number of methoxy groups -OCH3 is 1. The number of carbonyl (C=O) groups is 2. The summed E-state index contributed by atoms with van der Waals surface area (Å²) in [5.41, 5.74) is 0.765. The summed E-state index contributed by atoms with van der Waals surface area (Å²) in [4.78, 5) is 23.9. The maximum Gasteiger partial charge on any atom is 0.387 e. The first-order valence-corrected chi connectivity index (χ1v) is 8.14. The van der Waals surface area contributed by atoms with E-state index < -0.39 is 18.6 Å². The smallest absolute Gasteiger partial charge is 0.387 e. The summed E-state index contributed by atoms with van der Waals surface area (Å²) in [5.74, 6) is -0.609. The minimum Gasteiger partial charge on any atom is -0.493 e. The minimum absolute atomic E-state index is 0.0606. The molecule has 0 radical (unpaired) electrons. The van der Waals surface area contributed by atoms with E-state index in [1.54, 1.807) is 25.1 Å². The molecule has 0 saturated heterocycles. The van der Waals surface area contributed by atoms with Gasteiger partial charge in [-0.05, 0) is 43.2 Å². The number of amides is 2. The number of furan rings is 1. The molecule has 0 aliphatic rings. The number of rotatable bonds is 9. The molecule has 7 nitrogen and oxygen atoms in total. The lowest BCUT2D eigenvalue weighted by Crippen LogP contribution is -2.45. The Morgan fingerprint density at radius 3 is 2.63 bits per heavy atom. The van der Waals surface area contributed by atoms with Crippen LogP contribution in [0.1, 0.15) is 23.0 Å². The van der Waals surface area contributed by atoms with E-state index in [9.17, 15) is 18.4 Å². The molecule has 2 aromatic rings. The van der Waals surface area contributed by atoms with Gasteiger partial charge in [-0.2, -0.15) is 8.78 Å². The van der Waals surface area contributed by atoms with E-state index in [4.69, 9.17) is 9.15 Å². The largest absolute Gasteiger partial charge is 0.493 e. The third kappa shape index (κ3) is 5.98. The van der Waals surface area contributed by atoms with Gasteiger partial charge < -0.3 is 24.5 Å². The Hall–Kier alpha value is -3.10. The molecule has 1 atom stereocenters. The zero-order valence-corrected chi connectivity index (χ0v) is 14.8. The van der Waals surface area contributed by atoms with Crippen molar-refractivity contribution in [3.05, 3.63) is 47.9 Å². The summed E-state index contributed by atoms with van der Waals surface area (Å²) < 4.78 is 39.0. The van der Waals surface area contributed by atoms with Gasteiger partial charge in [0.2, 0.25) is 5.91 Å². The first-order chi connectivity index (χ1) is 12.9. The van der Waals surface area contributed by atoms with E-state index in [0.29, 0.717) is 6.42 Å². The minimum atomic E-state index is -2.94. The molecular formula is C18H20F2N2O5. The molecule has 1 aromatic carbocycles. The lowest BCUT2D eigenvalue weighted by molar-refractivity contribution is -0.122. The quantitative estimate of drug-likeness (QED) is 0.695. The van der Waals surface area contributed by atoms with Gasteiger partial charge in [-0.15, -0.1) is 0 Å². The summed E-state index contributed by atoms with van der Waals surface area (Å²) in [6.45, 7) is -1.10. The van der Waals surface area contributed by atoms with E-state index in [-0.39, 0.29) is 29.7 Å². The van der Waals surface area contributed by atoms with Crippen molar-refractivity contribution in [3.63, 3.8) is 0 Å². The Labute approximate surface area is 154 Å². The van der Waals surface area contributed by atoms with Gasteiger partial charge in [-0.3, -0.25) is 9.59 Å². The second-order valence-electron chi connectivity index (χ2n) is 5.58.